The van der Waals surface area contributed by atoms with Gasteiger partial charge in [0, 0.05) is 11.3 Å². The van der Waals surface area contributed by atoms with Crippen LogP contribution in [-0.4, -0.2) is 38.0 Å². The Bertz CT molecular complexity index is 732. The summed E-state index contributed by atoms with van der Waals surface area (Å²) in [4.78, 5) is 16.5. The minimum absolute atomic E-state index is 0.132. The highest BCUT2D eigenvalue weighted by Gasteiger charge is 2.20. The fourth-order valence-electron chi connectivity index (χ4n) is 1.78. The number of thioether (sulfide) groups is 2. The molecule has 0 saturated carbocycles. The average Bonchev–Trinajstić information content (AvgIpc) is 3.20. The van der Waals surface area contributed by atoms with Gasteiger partial charge in [0.05, 0.1) is 11.8 Å². The zero-order valence-electron chi connectivity index (χ0n) is 12.2. The third kappa shape index (κ3) is 4.30. The van der Waals surface area contributed by atoms with Crippen molar-refractivity contribution in [1.29, 1.82) is 0 Å². The summed E-state index contributed by atoms with van der Waals surface area (Å²) in [6, 6.07) is 6.01. The minimum Gasteiger partial charge on any atom is -0.300 e. The van der Waals surface area contributed by atoms with E-state index in [2.05, 4.69) is 20.5 Å². The van der Waals surface area contributed by atoms with Gasteiger partial charge in [0.1, 0.15) is 15.2 Å². The van der Waals surface area contributed by atoms with E-state index in [0.717, 1.165) is 22.2 Å². The SMILES string of the molecule is C[C@@H](SC1=NCCS1)C(=O)Nc1nnc(-c2ccc(F)cc2)s1. The van der Waals surface area contributed by atoms with Crippen LogP contribution in [0.15, 0.2) is 29.3 Å². The summed E-state index contributed by atoms with van der Waals surface area (Å²) in [7, 11) is 0. The molecule has 0 spiro atoms. The monoisotopic (exact) mass is 368 g/mol. The Kier molecular flexibility index (Phi) is 5.29. The van der Waals surface area contributed by atoms with E-state index >= 15 is 0 Å². The Hall–Kier alpha value is -1.45. The third-order valence-electron chi connectivity index (χ3n) is 2.95. The number of anilines is 1. The van der Waals surface area contributed by atoms with Crippen LogP contribution in [0.2, 0.25) is 0 Å². The van der Waals surface area contributed by atoms with Gasteiger partial charge in [-0.05, 0) is 31.2 Å². The fraction of sp³-hybridized carbons (Fsp3) is 0.286. The first kappa shape index (κ1) is 16.4. The van der Waals surface area contributed by atoms with Crippen molar-refractivity contribution >= 4 is 50.3 Å². The van der Waals surface area contributed by atoms with Gasteiger partial charge in [-0.25, -0.2) is 4.39 Å². The first-order valence-corrected chi connectivity index (χ1v) is 9.54. The maximum Gasteiger partial charge on any atom is 0.239 e. The molecule has 1 aliphatic heterocycles. The van der Waals surface area contributed by atoms with Gasteiger partial charge in [-0.1, -0.05) is 34.9 Å². The van der Waals surface area contributed by atoms with Crippen molar-refractivity contribution in [3.63, 3.8) is 0 Å². The number of carbonyl (C=O) groups is 1. The number of halogens is 1. The van der Waals surface area contributed by atoms with Gasteiger partial charge >= 0.3 is 0 Å². The second kappa shape index (κ2) is 7.41. The van der Waals surface area contributed by atoms with E-state index < -0.39 is 0 Å². The Labute approximate surface area is 145 Å². The lowest BCUT2D eigenvalue weighted by atomic mass is 10.2. The van der Waals surface area contributed by atoms with Gasteiger partial charge in [0.25, 0.3) is 0 Å². The van der Waals surface area contributed by atoms with E-state index in [1.165, 1.54) is 35.2 Å². The molecule has 0 bridgehead atoms. The fourth-order valence-corrected chi connectivity index (χ4v) is 4.66. The second-order valence-electron chi connectivity index (χ2n) is 4.66. The molecule has 1 aromatic heterocycles. The number of amides is 1. The number of aromatic nitrogens is 2. The van der Waals surface area contributed by atoms with Crippen molar-refractivity contribution in [2.24, 2.45) is 4.99 Å². The maximum absolute atomic E-state index is 12.9. The van der Waals surface area contributed by atoms with Crippen LogP contribution in [-0.2, 0) is 4.79 Å². The van der Waals surface area contributed by atoms with Crippen LogP contribution < -0.4 is 5.32 Å². The van der Waals surface area contributed by atoms with Crippen LogP contribution in [0.25, 0.3) is 10.6 Å². The molecule has 1 amide bonds. The van der Waals surface area contributed by atoms with Crippen molar-refractivity contribution in [2.45, 2.75) is 12.2 Å². The number of hydrogen-bond donors (Lipinski definition) is 1. The van der Waals surface area contributed by atoms with E-state index in [-0.39, 0.29) is 17.0 Å². The largest absolute Gasteiger partial charge is 0.300 e. The van der Waals surface area contributed by atoms with Crippen molar-refractivity contribution in [3.05, 3.63) is 30.1 Å². The van der Waals surface area contributed by atoms with Crippen LogP contribution in [0.5, 0.6) is 0 Å². The summed E-state index contributed by atoms with van der Waals surface area (Å²) in [5.74, 6) is 0.547. The highest BCUT2D eigenvalue weighted by atomic mass is 32.2. The number of nitrogens with one attached hydrogen (secondary N) is 1. The summed E-state index contributed by atoms with van der Waals surface area (Å²) in [6.07, 6.45) is 0. The van der Waals surface area contributed by atoms with Crippen LogP contribution in [0.4, 0.5) is 9.52 Å². The topological polar surface area (TPSA) is 67.2 Å². The van der Waals surface area contributed by atoms with E-state index in [1.807, 2.05) is 6.92 Å². The van der Waals surface area contributed by atoms with Crippen molar-refractivity contribution < 1.29 is 9.18 Å². The molecule has 23 heavy (non-hydrogen) atoms. The molecule has 3 rings (SSSR count). The van der Waals surface area contributed by atoms with Crippen LogP contribution >= 0.6 is 34.9 Å². The molecule has 9 heteroatoms. The molecule has 0 radical (unpaired) electrons. The minimum atomic E-state index is -0.301. The van der Waals surface area contributed by atoms with Gasteiger partial charge in [-0.15, -0.1) is 10.2 Å². The maximum atomic E-state index is 12.9. The molecule has 0 unspecified atom stereocenters. The van der Waals surface area contributed by atoms with Gasteiger partial charge in [0.2, 0.25) is 11.0 Å². The average molecular weight is 368 g/mol. The molecule has 0 fully saturated rings. The van der Waals surface area contributed by atoms with Crippen LogP contribution in [0, 0.1) is 5.82 Å². The number of rotatable bonds is 4. The number of hydrogen-bond acceptors (Lipinski definition) is 7. The van der Waals surface area contributed by atoms with E-state index in [4.69, 9.17) is 0 Å². The summed E-state index contributed by atoms with van der Waals surface area (Å²) in [5, 5.41) is 11.6. The zero-order valence-corrected chi connectivity index (χ0v) is 14.6. The smallest absolute Gasteiger partial charge is 0.239 e. The predicted octanol–water partition coefficient (Wildman–Crippen LogP) is 3.51. The third-order valence-corrected chi connectivity index (χ3v) is 6.14. The summed E-state index contributed by atoms with van der Waals surface area (Å²) < 4.78 is 13.9. The van der Waals surface area contributed by atoms with Crippen LogP contribution in [0.3, 0.4) is 0 Å². The van der Waals surface area contributed by atoms with Crippen molar-refractivity contribution in [1.82, 2.24) is 10.2 Å². The molecular formula is C14H13FN4OS3. The standard InChI is InChI=1S/C14H13FN4OS3/c1-8(22-14-16-6-7-21-14)11(20)17-13-19-18-12(23-13)9-2-4-10(15)5-3-9/h2-5,8H,6-7H2,1H3,(H,17,19,20)/t8-/m1/s1. The number of carbonyl (C=O) groups excluding carboxylic acids is 1. The molecule has 1 aromatic carbocycles. The molecule has 2 aromatic rings. The molecule has 0 saturated heterocycles. The lowest BCUT2D eigenvalue weighted by molar-refractivity contribution is -0.115. The summed E-state index contributed by atoms with van der Waals surface area (Å²) in [6.45, 7) is 2.65. The summed E-state index contributed by atoms with van der Waals surface area (Å²) in [5.41, 5.74) is 0.767. The molecular weight excluding hydrogens is 355 g/mol. The number of aliphatic imine (C=N–C) groups is 1. The van der Waals surface area contributed by atoms with Crippen molar-refractivity contribution in [2.75, 3.05) is 17.6 Å². The molecule has 120 valence electrons. The van der Waals surface area contributed by atoms with Crippen LogP contribution in [0.1, 0.15) is 6.92 Å². The molecule has 5 nitrogen and oxygen atoms in total. The molecule has 1 N–H and O–H groups in total. The van der Waals surface area contributed by atoms with Gasteiger partial charge in [-0.2, -0.15) is 0 Å². The predicted molar refractivity (Wildman–Crippen MR) is 95.7 cm³/mol. The molecule has 1 atom stereocenters. The van der Waals surface area contributed by atoms with Crippen molar-refractivity contribution in [3.8, 4) is 10.6 Å². The Morgan fingerprint density at radius 2 is 2.13 bits per heavy atom. The normalized spacial score (nSPS) is 15.3. The van der Waals surface area contributed by atoms with Gasteiger partial charge in [-0.3, -0.25) is 15.1 Å². The Morgan fingerprint density at radius 3 is 2.83 bits per heavy atom. The number of nitrogens with zero attached hydrogens (tertiary/aromatic N) is 3. The zero-order chi connectivity index (χ0) is 16.2. The highest BCUT2D eigenvalue weighted by molar-refractivity contribution is 8.39. The van der Waals surface area contributed by atoms with Gasteiger partial charge < -0.3 is 0 Å². The van der Waals surface area contributed by atoms with E-state index in [0.29, 0.717) is 10.1 Å². The molecule has 1 aliphatic rings. The quantitative estimate of drug-likeness (QED) is 0.894. The summed E-state index contributed by atoms with van der Waals surface area (Å²) >= 11 is 4.39. The molecule has 0 aliphatic carbocycles. The lowest BCUT2D eigenvalue weighted by Gasteiger charge is -2.09. The molecule has 2 heterocycles. The van der Waals surface area contributed by atoms with E-state index in [9.17, 15) is 9.18 Å². The Morgan fingerprint density at radius 1 is 1.35 bits per heavy atom. The van der Waals surface area contributed by atoms with Gasteiger partial charge in [0.15, 0.2) is 0 Å². The first-order chi connectivity index (χ1) is 11.1. The highest BCUT2D eigenvalue weighted by Crippen LogP contribution is 2.29. The second-order valence-corrected chi connectivity index (χ2v) is 8.31. The Balaban J connectivity index is 1.61. The number of benzene rings is 1. The lowest BCUT2D eigenvalue weighted by Crippen LogP contribution is -2.23. The van der Waals surface area contributed by atoms with E-state index in [1.54, 1.807) is 23.9 Å². The first-order valence-electron chi connectivity index (χ1n) is 6.86.